The van der Waals surface area contributed by atoms with Gasteiger partial charge in [-0.2, -0.15) is 0 Å². The molecule has 20 heavy (non-hydrogen) atoms. The average Bonchev–Trinajstić information content (AvgIpc) is 2.69. The van der Waals surface area contributed by atoms with Crippen molar-refractivity contribution >= 4 is 44.5 Å². The van der Waals surface area contributed by atoms with Gasteiger partial charge in [-0.3, -0.25) is 4.79 Å². The third-order valence-electron chi connectivity index (χ3n) is 2.91. The first-order valence-corrected chi connectivity index (χ1v) is 7.93. The zero-order valence-electron chi connectivity index (χ0n) is 11.7. The fourth-order valence-corrected chi connectivity index (χ4v) is 3.44. The Bertz CT molecular complexity index is 617. The van der Waals surface area contributed by atoms with E-state index in [2.05, 4.69) is 39.6 Å². The van der Waals surface area contributed by atoms with Gasteiger partial charge in [-0.15, -0.1) is 11.3 Å². The Morgan fingerprint density at radius 1 is 1.30 bits per heavy atom. The topological polar surface area (TPSA) is 41.1 Å². The maximum absolute atomic E-state index is 11.1. The molecule has 0 saturated carbocycles. The van der Waals surface area contributed by atoms with E-state index >= 15 is 0 Å². The van der Waals surface area contributed by atoms with Gasteiger partial charge < -0.3 is 10.6 Å². The van der Waals surface area contributed by atoms with Crippen LogP contribution in [0, 0.1) is 13.8 Å². The molecule has 0 aliphatic heterocycles. The van der Waals surface area contributed by atoms with E-state index in [0.717, 1.165) is 28.0 Å². The SMILES string of the molecule is CC(=O)Nc1ccc(NCc2cc(Br)c(C)s2)cc1C. The Labute approximate surface area is 131 Å². The first-order valence-electron chi connectivity index (χ1n) is 6.32. The molecular weight excluding hydrogens is 336 g/mol. The predicted molar refractivity (Wildman–Crippen MR) is 89.6 cm³/mol. The number of amides is 1. The molecule has 1 amide bonds. The van der Waals surface area contributed by atoms with Crippen LogP contribution in [0.2, 0.25) is 0 Å². The normalized spacial score (nSPS) is 10.4. The molecule has 106 valence electrons. The Morgan fingerprint density at radius 3 is 2.60 bits per heavy atom. The molecule has 0 spiro atoms. The molecule has 5 heteroatoms. The van der Waals surface area contributed by atoms with E-state index in [0.29, 0.717) is 0 Å². The van der Waals surface area contributed by atoms with Gasteiger partial charge in [-0.25, -0.2) is 0 Å². The van der Waals surface area contributed by atoms with Crippen molar-refractivity contribution in [3.63, 3.8) is 0 Å². The van der Waals surface area contributed by atoms with Crippen LogP contribution in [0.25, 0.3) is 0 Å². The summed E-state index contributed by atoms with van der Waals surface area (Å²) in [5.41, 5.74) is 2.96. The van der Waals surface area contributed by atoms with Crippen LogP contribution in [-0.4, -0.2) is 5.91 Å². The number of carbonyl (C=O) groups excluding carboxylic acids is 1. The van der Waals surface area contributed by atoms with E-state index < -0.39 is 0 Å². The summed E-state index contributed by atoms with van der Waals surface area (Å²) in [4.78, 5) is 13.6. The van der Waals surface area contributed by atoms with Gasteiger partial charge in [-0.05, 0) is 59.6 Å². The smallest absolute Gasteiger partial charge is 0.221 e. The largest absolute Gasteiger partial charge is 0.380 e. The minimum Gasteiger partial charge on any atom is -0.380 e. The Hall–Kier alpha value is -1.33. The summed E-state index contributed by atoms with van der Waals surface area (Å²) in [5.74, 6) is -0.0484. The molecule has 0 atom stereocenters. The Morgan fingerprint density at radius 2 is 2.05 bits per heavy atom. The molecular formula is C15H17BrN2OS. The van der Waals surface area contributed by atoms with Gasteiger partial charge in [0.15, 0.2) is 0 Å². The van der Waals surface area contributed by atoms with Gasteiger partial charge >= 0.3 is 0 Å². The van der Waals surface area contributed by atoms with Gasteiger partial charge in [0, 0.05) is 39.1 Å². The first-order chi connectivity index (χ1) is 9.45. The number of carbonyl (C=O) groups is 1. The lowest BCUT2D eigenvalue weighted by atomic mass is 10.1. The van der Waals surface area contributed by atoms with Gasteiger partial charge in [0.05, 0.1) is 0 Å². The Balaban J connectivity index is 2.03. The molecule has 0 fully saturated rings. The first kappa shape index (κ1) is 15.1. The highest BCUT2D eigenvalue weighted by atomic mass is 79.9. The van der Waals surface area contributed by atoms with Gasteiger partial charge in [0.1, 0.15) is 0 Å². The molecule has 0 bridgehead atoms. The van der Waals surface area contributed by atoms with E-state index in [1.165, 1.54) is 16.7 Å². The lowest BCUT2D eigenvalue weighted by Gasteiger charge is -2.10. The lowest BCUT2D eigenvalue weighted by Crippen LogP contribution is -2.07. The number of halogens is 1. The highest BCUT2D eigenvalue weighted by molar-refractivity contribution is 9.10. The average molecular weight is 353 g/mol. The lowest BCUT2D eigenvalue weighted by molar-refractivity contribution is -0.114. The molecule has 0 unspecified atom stereocenters. The van der Waals surface area contributed by atoms with Crippen molar-refractivity contribution in [2.45, 2.75) is 27.3 Å². The van der Waals surface area contributed by atoms with Crippen molar-refractivity contribution in [2.75, 3.05) is 10.6 Å². The van der Waals surface area contributed by atoms with E-state index in [1.807, 2.05) is 25.1 Å². The minimum atomic E-state index is -0.0484. The highest BCUT2D eigenvalue weighted by Gasteiger charge is 2.04. The summed E-state index contributed by atoms with van der Waals surface area (Å²) in [6, 6.07) is 8.09. The number of hydrogen-bond acceptors (Lipinski definition) is 3. The fraction of sp³-hybridized carbons (Fsp3) is 0.267. The monoisotopic (exact) mass is 352 g/mol. The van der Waals surface area contributed by atoms with Crippen LogP contribution in [0.4, 0.5) is 11.4 Å². The van der Waals surface area contributed by atoms with E-state index in [4.69, 9.17) is 0 Å². The van der Waals surface area contributed by atoms with Crippen molar-refractivity contribution in [1.29, 1.82) is 0 Å². The molecule has 0 aliphatic rings. The summed E-state index contributed by atoms with van der Waals surface area (Å²) in [6.07, 6.45) is 0. The molecule has 1 aromatic heterocycles. The molecule has 2 aromatic rings. The van der Waals surface area contributed by atoms with Crippen molar-refractivity contribution < 1.29 is 4.79 Å². The van der Waals surface area contributed by atoms with Gasteiger partial charge in [-0.1, -0.05) is 0 Å². The molecule has 1 aromatic carbocycles. The van der Waals surface area contributed by atoms with Crippen molar-refractivity contribution in [1.82, 2.24) is 0 Å². The third kappa shape index (κ3) is 3.84. The van der Waals surface area contributed by atoms with Crippen LogP contribution < -0.4 is 10.6 Å². The summed E-state index contributed by atoms with van der Waals surface area (Å²) < 4.78 is 1.16. The number of anilines is 2. The molecule has 0 saturated heterocycles. The quantitative estimate of drug-likeness (QED) is 0.837. The molecule has 3 nitrogen and oxygen atoms in total. The molecule has 1 heterocycles. The second kappa shape index (κ2) is 6.41. The molecule has 2 N–H and O–H groups in total. The second-order valence-corrected chi connectivity index (χ2v) is 6.88. The number of hydrogen-bond donors (Lipinski definition) is 2. The second-order valence-electron chi connectivity index (χ2n) is 4.68. The zero-order chi connectivity index (χ0) is 14.7. The fourth-order valence-electron chi connectivity index (χ4n) is 1.90. The van der Waals surface area contributed by atoms with Crippen LogP contribution in [0.15, 0.2) is 28.7 Å². The summed E-state index contributed by atoms with van der Waals surface area (Å²) in [5, 5.41) is 6.21. The van der Waals surface area contributed by atoms with Crippen LogP contribution >= 0.6 is 27.3 Å². The van der Waals surface area contributed by atoms with Gasteiger partial charge in [0.25, 0.3) is 0 Å². The number of aryl methyl sites for hydroxylation is 2. The van der Waals surface area contributed by atoms with Crippen LogP contribution in [-0.2, 0) is 11.3 Å². The van der Waals surface area contributed by atoms with E-state index in [1.54, 1.807) is 11.3 Å². The van der Waals surface area contributed by atoms with Crippen LogP contribution in [0.3, 0.4) is 0 Å². The van der Waals surface area contributed by atoms with Crippen LogP contribution in [0.5, 0.6) is 0 Å². The number of rotatable bonds is 4. The number of nitrogens with one attached hydrogen (secondary N) is 2. The predicted octanol–water partition coefficient (Wildman–Crippen LogP) is 4.70. The van der Waals surface area contributed by atoms with Crippen LogP contribution in [0.1, 0.15) is 22.2 Å². The molecule has 2 rings (SSSR count). The van der Waals surface area contributed by atoms with Crippen molar-refractivity contribution in [2.24, 2.45) is 0 Å². The molecule has 0 aliphatic carbocycles. The van der Waals surface area contributed by atoms with Crippen molar-refractivity contribution in [3.8, 4) is 0 Å². The minimum absolute atomic E-state index is 0.0484. The Kier molecular flexibility index (Phi) is 4.83. The molecule has 0 radical (unpaired) electrons. The maximum Gasteiger partial charge on any atom is 0.221 e. The summed E-state index contributed by atoms with van der Waals surface area (Å²) >= 11 is 5.31. The summed E-state index contributed by atoms with van der Waals surface area (Å²) in [7, 11) is 0. The van der Waals surface area contributed by atoms with Gasteiger partial charge in [0.2, 0.25) is 5.91 Å². The van der Waals surface area contributed by atoms with E-state index in [9.17, 15) is 4.79 Å². The summed E-state index contributed by atoms with van der Waals surface area (Å²) in [6.45, 7) is 6.41. The maximum atomic E-state index is 11.1. The zero-order valence-corrected chi connectivity index (χ0v) is 14.1. The number of thiophene rings is 1. The van der Waals surface area contributed by atoms with E-state index in [-0.39, 0.29) is 5.91 Å². The third-order valence-corrected chi connectivity index (χ3v) is 5.05. The standard InChI is InChI=1S/C15H17BrN2OS/c1-9-6-12(4-5-15(9)18-11(3)19)17-8-13-7-14(16)10(2)20-13/h4-7,17H,8H2,1-3H3,(H,18,19). The number of benzene rings is 1. The highest BCUT2D eigenvalue weighted by Crippen LogP contribution is 2.27. The van der Waals surface area contributed by atoms with Crippen molar-refractivity contribution in [3.05, 3.63) is 44.1 Å².